The minimum atomic E-state index is -0.639. The largest absolute Gasteiger partial charge is 0.348 e. The van der Waals surface area contributed by atoms with Gasteiger partial charge in [-0.3, -0.25) is 9.78 Å². The Bertz CT molecular complexity index is 711. The predicted molar refractivity (Wildman–Crippen MR) is 70.9 cm³/mol. The maximum atomic E-state index is 13.7. The van der Waals surface area contributed by atoms with E-state index in [1.807, 2.05) is 13.8 Å². The third-order valence-electron chi connectivity index (χ3n) is 3.31. The minimum Gasteiger partial charge on any atom is -0.348 e. The molecule has 0 radical (unpaired) electrons. The molecule has 0 amide bonds. The average molecular weight is 278 g/mol. The van der Waals surface area contributed by atoms with Gasteiger partial charge in [0.15, 0.2) is 11.6 Å². The van der Waals surface area contributed by atoms with Crippen molar-refractivity contribution in [2.24, 2.45) is 0 Å². The van der Waals surface area contributed by atoms with Gasteiger partial charge >= 0.3 is 0 Å². The van der Waals surface area contributed by atoms with Gasteiger partial charge in [0.1, 0.15) is 6.10 Å². The molecule has 6 heteroatoms. The molecule has 0 saturated carbocycles. The normalized spacial score (nSPS) is 21.4. The number of nitrogens with zero attached hydrogens (tertiary/aromatic N) is 2. The second-order valence-corrected chi connectivity index (χ2v) is 5.31. The summed E-state index contributed by atoms with van der Waals surface area (Å²) in [5.74, 6) is -1.24. The average Bonchev–Trinajstić information content (AvgIpc) is 2.72. The van der Waals surface area contributed by atoms with Crippen molar-refractivity contribution in [1.82, 2.24) is 9.55 Å². The zero-order chi connectivity index (χ0) is 14.3. The van der Waals surface area contributed by atoms with Crippen molar-refractivity contribution >= 4 is 10.8 Å². The summed E-state index contributed by atoms with van der Waals surface area (Å²) < 4.78 is 26.3. The van der Waals surface area contributed by atoms with Crippen LogP contribution >= 0.6 is 0 Å². The van der Waals surface area contributed by atoms with Crippen molar-refractivity contribution in [2.45, 2.75) is 32.3 Å². The molecule has 0 N–H and O–H groups in total. The van der Waals surface area contributed by atoms with E-state index < -0.39 is 11.6 Å². The summed E-state index contributed by atoms with van der Waals surface area (Å²) in [6.45, 7) is 4.39. The molecule has 1 fully saturated rings. The first kappa shape index (κ1) is 13.2. The Kier molecular flexibility index (Phi) is 3.07. The molecule has 106 valence electrons. The Hall–Kier alpha value is -1.79. The molecular weight excluding hydrogens is 263 g/mol. The first-order chi connectivity index (χ1) is 9.46. The number of pyridine rings is 2. The lowest BCUT2D eigenvalue weighted by atomic mass is 10.2. The summed E-state index contributed by atoms with van der Waals surface area (Å²) >= 11 is 0. The fourth-order valence-corrected chi connectivity index (χ4v) is 2.40. The second-order valence-electron chi connectivity index (χ2n) is 5.31. The standard InChI is InChI=1S/C14H15FN2O3/c1-14(2)19-8-10(20-14)7-17-4-3-9-5-16-6-11(15)12(9)13(17)18/h3-6,10H,7-8H2,1-2H3/t10-/m1/s1. The van der Waals surface area contributed by atoms with Crippen molar-refractivity contribution in [1.29, 1.82) is 0 Å². The lowest BCUT2D eigenvalue weighted by Crippen LogP contribution is -2.29. The molecule has 3 heterocycles. The molecule has 0 aliphatic carbocycles. The SMILES string of the molecule is CC1(C)OC[C@@H](Cn2ccc3cncc(F)c3c2=O)O1. The lowest BCUT2D eigenvalue weighted by molar-refractivity contribution is -0.139. The lowest BCUT2D eigenvalue weighted by Gasteiger charge is -2.17. The Balaban J connectivity index is 1.95. The summed E-state index contributed by atoms with van der Waals surface area (Å²) in [5.41, 5.74) is -0.379. The molecule has 2 aromatic rings. The monoisotopic (exact) mass is 278 g/mol. The van der Waals surface area contributed by atoms with E-state index in [-0.39, 0.29) is 17.0 Å². The highest BCUT2D eigenvalue weighted by atomic mass is 19.1. The van der Waals surface area contributed by atoms with Gasteiger partial charge in [-0.05, 0) is 19.9 Å². The quantitative estimate of drug-likeness (QED) is 0.839. The van der Waals surface area contributed by atoms with E-state index in [4.69, 9.17) is 9.47 Å². The number of hydrogen-bond donors (Lipinski definition) is 0. The van der Waals surface area contributed by atoms with Crippen molar-refractivity contribution in [3.8, 4) is 0 Å². The summed E-state index contributed by atoms with van der Waals surface area (Å²) in [6, 6.07) is 1.67. The van der Waals surface area contributed by atoms with Crippen LogP contribution in [0.4, 0.5) is 4.39 Å². The molecule has 20 heavy (non-hydrogen) atoms. The number of hydrogen-bond acceptors (Lipinski definition) is 4. The van der Waals surface area contributed by atoms with Gasteiger partial charge in [-0.2, -0.15) is 0 Å². The van der Waals surface area contributed by atoms with E-state index in [0.717, 1.165) is 6.20 Å². The van der Waals surface area contributed by atoms with Crippen LogP contribution in [0.25, 0.3) is 10.8 Å². The molecule has 1 atom stereocenters. The third kappa shape index (κ3) is 2.32. The van der Waals surface area contributed by atoms with E-state index in [1.54, 1.807) is 12.3 Å². The molecule has 0 bridgehead atoms. The van der Waals surface area contributed by atoms with Crippen molar-refractivity contribution < 1.29 is 13.9 Å². The van der Waals surface area contributed by atoms with Gasteiger partial charge in [-0.15, -0.1) is 0 Å². The third-order valence-corrected chi connectivity index (χ3v) is 3.31. The van der Waals surface area contributed by atoms with Crippen LogP contribution in [0.15, 0.2) is 29.5 Å². The van der Waals surface area contributed by atoms with Crippen LogP contribution in [0, 0.1) is 5.82 Å². The Labute approximate surface area is 115 Å². The number of rotatable bonds is 2. The van der Waals surface area contributed by atoms with E-state index >= 15 is 0 Å². The fourth-order valence-electron chi connectivity index (χ4n) is 2.40. The molecule has 0 spiro atoms. The molecular formula is C14H15FN2O3. The molecule has 3 rings (SSSR count). The zero-order valence-electron chi connectivity index (χ0n) is 11.3. The Morgan fingerprint density at radius 3 is 3.00 bits per heavy atom. The van der Waals surface area contributed by atoms with Crippen molar-refractivity contribution in [3.63, 3.8) is 0 Å². The van der Waals surface area contributed by atoms with E-state index in [0.29, 0.717) is 18.5 Å². The van der Waals surface area contributed by atoms with Crippen LogP contribution in [-0.2, 0) is 16.0 Å². The molecule has 1 saturated heterocycles. The zero-order valence-corrected chi connectivity index (χ0v) is 11.3. The molecule has 1 aliphatic heterocycles. The highest BCUT2D eigenvalue weighted by Crippen LogP contribution is 2.23. The smallest absolute Gasteiger partial charge is 0.261 e. The van der Waals surface area contributed by atoms with Gasteiger partial charge in [-0.1, -0.05) is 0 Å². The molecule has 2 aromatic heterocycles. The number of halogens is 1. The fraction of sp³-hybridized carbons (Fsp3) is 0.429. The van der Waals surface area contributed by atoms with Gasteiger partial charge in [0.2, 0.25) is 0 Å². The van der Waals surface area contributed by atoms with E-state index in [2.05, 4.69) is 4.98 Å². The summed E-state index contributed by atoms with van der Waals surface area (Å²) in [7, 11) is 0. The van der Waals surface area contributed by atoms with Gasteiger partial charge in [0, 0.05) is 17.8 Å². The number of ether oxygens (including phenoxy) is 2. The summed E-state index contributed by atoms with van der Waals surface area (Å²) in [5, 5.41) is 0.552. The minimum absolute atomic E-state index is 0.0562. The maximum Gasteiger partial charge on any atom is 0.261 e. The predicted octanol–water partition coefficient (Wildman–Crippen LogP) is 1.69. The van der Waals surface area contributed by atoms with Gasteiger partial charge in [0.25, 0.3) is 5.56 Å². The number of fused-ring (bicyclic) bond motifs is 1. The molecule has 1 aliphatic rings. The summed E-state index contributed by atoms with van der Waals surface area (Å²) in [4.78, 5) is 16.0. The van der Waals surface area contributed by atoms with E-state index in [1.165, 1.54) is 10.8 Å². The molecule has 5 nitrogen and oxygen atoms in total. The maximum absolute atomic E-state index is 13.7. The van der Waals surface area contributed by atoms with Crippen LogP contribution in [0.3, 0.4) is 0 Å². The first-order valence-electron chi connectivity index (χ1n) is 6.41. The first-order valence-corrected chi connectivity index (χ1v) is 6.41. The second kappa shape index (κ2) is 4.64. The van der Waals surface area contributed by atoms with Crippen LogP contribution in [-0.4, -0.2) is 28.0 Å². The van der Waals surface area contributed by atoms with Gasteiger partial charge in [-0.25, -0.2) is 4.39 Å². The van der Waals surface area contributed by atoms with Gasteiger partial charge in [0.05, 0.1) is 24.7 Å². The Morgan fingerprint density at radius 1 is 1.50 bits per heavy atom. The van der Waals surface area contributed by atoms with Crippen LogP contribution in [0.1, 0.15) is 13.8 Å². The molecule has 0 aromatic carbocycles. The Morgan fingerprint density at radius 2 is 2.30 bits per heavy atom. The van der Waals surface area contributed by atoms with Crippen LogP contribution < -0.4 is 5.56 Å². The van der Waals surface area contributed by atoms with Crippen LogP contribution in [0.2, 0.25) is 0 Å². The molecule has 0 unspecified atom stereocenters. The van der Waals surface area contributed by atoms with Crippen LogP contribution in [0.5, 0.6) is 0 Å². The summed E-state index contributed by atoms with van der Waals surface area (Å²) in [6.07, 6.45) is 3.93. The van der Waals surface area contributed by atoms with Crippen molar-refractivity contribution in [3.05, 3.63) is 40.8 Å². The highest BCUT2D eigenvalue weighted by Gasteiger charge is 2.32. The van der Waals surface area contributed by atoms with E-state index in [9.17, 15) is 9.18 Å². The highest BCUT2D eigenvalue weighted by molar-refractivity contribution is 5.80. The van der Waals surface area contributed by atoms with Gasteiger partial charge < -0.3 is 14.0 Å². The number of aromatic nitrogens is 2. The topological polar surface area (TPSA) is 53.4 Å². The van der Waals surface area contributed by atoms with Crippen molar-refractivity contribution in [2.75, 3.05) is 6.61 Å².